The fourth-order valence-corrected chi connectivity index (χ4v) is 4.79. The lowest BCUT2D eigenvalue weighted by molar-refractivity contribution is -0.113. The predicted octanol–water partition coefficient (Wildman–Crippen LogP) is 4.40. The number of thiophene rings is 1. The normalized spacial score (nSPS) is 10.9. The molecule has 4 rings (SSSR count). The van der Waals surface area contributed by atoms with Gasteiger partial charge in [-0.25, -0.2) is 4.98 Å². The summed E-state index contributed by atoms with van der Waals surface area (Å²) in [5, 5.41) is 3.34. The number of hydrogen-bond acceptors (Lipinski definition) is 6. The zero-order valence-electron chi connectivity index (χ0n) is 16.4. The number of benzene rings is 2. The van der Waals surface area contributed by atoms with Crippen LogP contribution in [0.4, 0.5) is 5.69 Å². The zero-order valence-corrected chi connectivity index (χ0v) is 18.0. The molecule has 0 saturated heterocycles. The number of fused-ring (bicyclic) bond motifs is 1. The minimum atomic E-state index is -0.183. The van der Waals surface area contributed by atoms with Crippen molar-refractivity contribution in [2.24, 2.45) is 7.05 Å². The second-order valence-corrected chi connectivity index (χ2v) is 8.51. The standard InChI is InChI=1S/C22H19N3O3S2/c1-25-21(27)20-17(12-18(30-20)14-7-4-3-5-8-14)24-22(25)29-13-19(26)23-15-9-6-10-16(11-15)28-2/h3-12H,13H2,1-2H3,(H,23,26). The minimum absolute atomic E-state index is 0.108. The van der Waals surface area contributed by atoms with Crippen molar-refractivity contribution in [1.29, 1.82) is 0 Å². The van der Waals surface area contributed by atoms with Crippen LogP contribution in [0.3, 0.4) is 0 Å². The summed E-state index contributed by atoms with van der Waals surface area (Å²) in [7, 11) is 3.26. The molecule has 0 fully saturated rings. The quantitative estimate of drug-likeness (QED) is 0.357. The van der Waals surface area contributed by atoms with Crippen LogP contribution in [0.2, 0.25) is 0 Å². The average molecular weight is 438 g/mol. The van der Waals surface area contributed by atoms with E-state index < -0.39 is 0 Å². The van der Waals surface area contributed by atoms with E-state index in [4.69, 9.17) is 4.74 Å². The topological polar surface area (TPSA) is 73.2 Å². The molecule has 0 aliphatic heterocycles. The first-order valence-electron chi connectivity index (χ1n) is 9.18. The number of anilines is 1. The second-order valence-electron chi connectivity index (χ2n) is 6.52. The van der Waals surface area contributed by atoms with Crippen molar-refractivity contribution in [3.63, 3.8) is 0 Å². The molecule has 0 saturated carbocycles. The van der Waals surface area contributed by atoms with Gasteiger partial charge in [-0.15, -0.1) is 11.3 Å². The molecule has 0 atom stereocenters. The van der Waals surface area contributed by atoms with Crippen molar-refractivity contribution in [3.8, 4) is 16.2 Å². The molecule has 1 N–H and O–H groups in total. The Labute approximate surface area is 181 Å². The Morgan fingerprint density at radius 1 is 1.17 bits per heavy atom. The first-order chi connectivity index (χ1) is 14.5. The number of hydrogen-bond donors (Lipinski definition) is 1. The van der Waals surface area contributed by atoms with Gasteiger partial charge in [-0.2, -0.15) is 0 Å². The molecule has 30 heavy (non-hydrogen) atoms. The van der Waals surface area contributed by atoms with E-state index in [0.717, 1.165) is 10.4 Å². The number of thioether (sulfide) groups is 1. The maximum Gasteiger partial charge on any atom is 0.271 e. The van der Waals surface area contributed by atoms with Gasteiger partial charge >= 0.3 is 0 Å². The molecule has 0 unspecified atom stereocenters. The molecular weight excluding hydrogens is 418 g/mol. The summed E-state index contributed by atoms with van der Waals surface area (Å²) < 4.78 is 7.28. The van der Waals surface area contributed by atoms with Gasteiger partial charge in [0.1, 0.15) is 10.4 Å². The van der Waals surface area contributed by atoms with E-state index >= 15 is 0 Å². The molecule has 0 spiro atoms. The van der Waals surface area contributed by atoms with E-state index in [1.165, 1.54) is 27.7 Å². The molecular formula is C22H19N3O3S2. The molecule has 0 bridgehead atoms. The van der Waals surface area contributed by atoms with Gasteiger partial charge in [-0.05, 0) is 23.8 Å². The summed E-state index contributed by atoms with van der Waals surface area (Å²) in [5.41, 5.74) is 2.25. The highest BCUT2D eigenvalue weighted by Crippen LogP contribution is 2.31. The Balaban J connectivity index is 1.53. The highest BCUT2D eigenvalue weighted by Gasteiger charge is 2.14. The minimum Gasteiger partial charge on any atom is -0.497 e. The number of nitrogens with one attached hydrogen (secondary N) is 1. The molecule has 2 heterocycles. The van der Waals surface area contributed by atoms with Crippen molar-refractivity contribution < 1.29 is 9.53 Å². The predicted molar refractivity (Wildman–Crippen MR) is 123 cm³/mol. The molecule has 152 valence electrons. The fourth-order valence-electron chi connectivity index (χ4n) is 2.94. The van der Waals surface area contributed by atoms with Crippen molar-refractivity contribution in [3.05, 3.63) is 71.0 Å². The smallest absolute Gasteiger partial charge is 0.271 e. The van der Waals surface area contributed by atoms with Crippen LogP contribution < -0.4 is 15.6 Å². The van der Waals surface area contributed by atoms with Crippen LogP contribution in [0, 0.1) is 0 Å². The summed E-state index contributed by atoms with van der Waals surface area (Å²) in [4.78, 5) is 30.8. The average Bonchev–Trinajstić information content (AvgIpc) is 3.20. The van der Waals surface area contributed by atoms with Crippen molar-refractivity contribution in [1.82, 2.24) is 9.55 Å². The summed E-state index contributed by atoms with van der Waals surface area (Å²) in [5.74, 6) is 0.623. The first-order valence-corrected chi connectivity index (χ1v) is 11.0. The third-order valence-electron chi connectivity index (χ3n) is 4.46. The number of carbonyl (C=O) groups excluding carboxylic acids is 1. The zero-order chi connectivity index (χ0) is 21.1. The lowest BCUT2D eigenvalue weighted by Gasteiger charge is -2.08. The molecule has 0 aliphatic rings. The Kier molecular flexibility index (Phi) is 5.87. The third kappa shape index (κ3) is 4.24. The Morgan fingerprint density at radius 3 is 2.73 bits per heavy atom. The van der Waals surface area contributed by atoms with E-state index in [0.29, 0.717) is 26.8 Å². The number of nitrogens with zero attached hydrogens (tertiary/aromatic N) is 2. The summed E-state index contributed by atoms with van der Waals surface area (Å²) in [6.07, 6.45) is 0. The molecule has 0 radical (unpaired) electrons. The van der Waals surface area contributed by atoms with Gasteiger partial charge in [0.25, 0.3) is 5.56 Å². The van der Waals surface area contributed by atoms with Crippen LogP contribution in [0.5, 0.6) is 5.75 Å². The maximum atomic E-state index is 12.8. The van der Waals surface area contributed by atoms with Crippen LogP contribution in [0.15, 0.2) is 70.6 Å². The number of aromatic nitrogens is 2. The Morgan fingerprint density at radius 2 is 1.97 bits per heavy atom. The van der Waals surface area contributed by atoms with Crippen LogP contribution >= 0.6 is 23.1 Å². The maximum absolute atomic E-state index is 12.8. The Bertz CT molecular complexity index is 1270. The molecule has 4 aromatic rings. The van der Waals surface area contributed by atoms with E-state index in [1.807, 2.05) is 48.5 Å². The van der Waals surface area contributed by atoms with Gasteiger partial charge in [-0.1, -0.05) is 48.2 Å². The van der Waals surface area contributed by atoms with Gasteiger partial charge < -0.3 is 10.1 Å². The third-order valence-corrected chi connectivity index (χ3v) is 6.65. The lowest BCUT2D eigenvalue weighted by Crippen LogP contribution is -2.20. The van der Waals surface area contributed by atoms with Gasteiger partial charge in [0.2, 0.25) is 5.91 Å². The van der Waals surface area contributed by atoms with Gasteiger partial charge in [0.15, 0.2) is 5.16 Å². The van der Waals surface area contributed by atoms with Gasteiger partial charge in [0.05, 0.1) is 18.4 Å². The highest BCUT2D eigenvalue weighted by molar-refractivity contribution is 7.99. The largest absolute Gasteiger partial charge is 0.497 e. The van der Waals surface area contributed by atoms with Crippen molar-refractivity contribution in [2.75, 3.05) is 18.2 Å². The monoisotopic (exact) mass is 437 g/mol. The number of ether oxygens (including phenoxy) is 1. The molecule has 2 aromatic carbocycles. The lowest BCUT2D eigenvalue weighted by atomic mass is 10.2. The van der Waals surface area contributed by atoms with Crippen LogP contribution in [0.25, 0.3) is 20.7 Å². The molecule has 0 aliphatic carbocycles. The first kappa shape index (κ1) is 20.2. The van der Waals surface area contributed by atoms with E-state index in [-0.39, 0.29) is 17.2 Å². The van der Waals surface area contributed by atoms with E-state index in [9.17, 15) is 9.59 Å². The number of carbonyl (C=O) groups is 1. The number of methoxy groups -OCH3 is 1. The number of amides is 1. The summed E-state index contributed by atoms with van der Waals surface area (Å²) in [6.45, 7) is 0. The van der Waals surface area contributed by atoms with Crippen molar-refractivity contribution in [2.45, 2.75) is 5.16 Å². The Hall–Kier alpha value is -3.10. The fraction of sp³-hybridized carbons (Fsp3) is 0.136. The van der Waals surface area contributed by atoms with Crippen LogP contribution in [-0.4, -0.2) is 28.3 Å². The molecule has 6 nitrogen and oxygen atoms in total. The van der Waals surface area contributed by atoms with Crippen molar-refractivity contribution >= 4 is 44.9 Å². The molecule has 8 heteroatoms. The highest BCUT2D eigenvalue weighted by atomic mass is 32.2. The van der Waals surface area contributed by atoms with Gasteiger partial charge in [-0.3, -0.25) is 14.2 Å². The summed E-state index contributed by atoms with van der Waals surface area (Å²) in [6, 6.07) is 19.0. The SMILES string of the molecule is COc1cccc(NC(=O)CSc2nc3cc(-c4ccccc4)sc3c(=O)n2C)c1. The number of rotatable bonds is 6. The second kappa shape index (κ2) is 8.73. The summed E-state index contributed by atoms with van der Waals surface area (Å²) >= 11 is 2.66. The van der Waals surface area contributed by atoms with Gasteiger partial charge in [0, 0.05) is 23.7 Å². The van der Waals surface area contributed by atoms with Crippen LogP contribution in [-0.2, 0) is 11.8 Å². The van der Waals surface area contributed by atoms with Crippen LogP contribution in [0.1, 0.15) is 0 Å². The van der Waals surface area contributed by atoms with E-state index in [2.05, 4.69) is 10.3 Å². The molecule has 1 amide bonds. The molecule has 2 aromatic heterocycles. The van der Waals surface area contributed by atoms with E-state index in [1.54, 1.807) is 26.3 Å².